The first-order chi connectivity index (χ1) is 13.4. The van der Waals surface area contributed by atoms with Crippen molar-refractivity contribution in [2.24, 2.45) is 0 Å². The largest absolute Gasteiger partial charge is 0.465 e. The topological polar surface area (TPSA) is 98.1 Å². The van der Waals surface area contributed by atoms with Crippen molar-refractivity contribution in [2.45, 2.75) is 26.3 Å². The van der Waals surface area contributed by atoms with Gasteiger partial charge < -0.3 is 19.2 Å². The van der Waals surface area contributed by atoms with E-state index in [9.17, 15) is 14.4 Å². The van der Waals surface area contributed by atoms with Crippen molar-refractivity contribution in [1.82, 2.24) is 4.90 Å². The fourth-order valence-electron chi connectivity index (χ4n) is 3.15. The first-order valence-corrected chi connectivity index (χ1v) is 9.68. The molecule has 0 unspecified atom stereocenters. The van der Waals surface area contributed by atoms with Gasteiger partial charge in [0.15, 0.2) is 5.76 Å². The molecule has 150 valence electrons. The predicted octanol–water partition coefficient (Wildman–Crippen LogP) is 3.07. The van der Waals surface area contributed by atoms with Crippen LogP contribution in [0.15, 0.2) is 16.5 Å². The molecule has 8 nitrogen and oxygen atoms in total. The van der Waals surface area contributed by atoms with Crippen molar-refractivity contribution in [1.29, 1.82) is 0 Å². The minimum Gasteiger partial charge on any atom is -0.465 e. The third-order valence-corrected chi connectivity index (χ3v) is 5.79. The first-order valence-electron chi connectivity index (χ1n) is 8.87. The molecule has 0 atom stereocenters. The van der Waals surface area contributed by atoms with Crippen molar-refractivity contribution in [3.05, 3.63) is 39.7 Å². The molecule has 0 bridgehead atoms. The van der Waals surface area contributed by atoms with Crippen LogP contribution in [0.1, 0.15) is 54.7 Å². The number of methoxy groups -OCH3 is 2. The van der Waals surface area contributed by atoms with E-state index in [-0.39, 0.29) is 21.2 Å². The van der Waals surface area contributed by atoms with Crippen LogP contribution in [-0.2, 0) is 16.0 Å². The molecule has 28 heavy (non-hydrogen) atoms. The number of rotatable bonds is 6. The van der Waals surface area contributed by atoms with Gasteiger partial charge in [-0.15, -0.1) is 11.3 Å². The Bertz CT molecular complexity index is 894. The maximum absolute atomic E-state index is 12.6. The second-order valence-electron chi connectivity index (χ2n) is 6.45. The second-order valence-corrected chi connectivity index (χ2v) is 7.47. The van der Waals surface area contributed by atoms with Crippen molar-refractivity contribution < 1.29 is 28.3 Å². The number of hydrogen-bond acceptors (Lipinski definition) is 8. The number of furan rings is 1. The molecule has 0 aliphatic carbocycles. The summed E-state index contributed by atoms with van der Waals surface area (Å²) in [4.78, 5) is 39.2. The van der Waals surface area contributed by atoms with Gasteiger partial charge >= 0.3 is 11.9 Å². The lowest BCUT2D eigenvalue weighted by atomic mass is 10.1. The standard InChI is InChI=1S/C19H22N2O6S/c1-11-14(18(23)25-2)17(28-15(11)19(24)26-3)20-16(22)13-7-6-12(27-13)10-21-8-4-5-9-21/h6-7H,4-5,8-10H2,1-3H3,(H,20,22). The van der Waals surface area contributed by atoms with E-state index >= 15 is 0 Å². The van der Waals surface area contributed by atoms with Gasteiger partial charge in [-0.1, -0.05) is 0 Å². The molecular formula is C19H22N2O6S. The van der Waals surface area contributed by atoms with Crippen LogP contribution in [-0.4, -0.2) is 50.1 Å². The maximum atomic E-state index is 12.6. The van der Waals surface area contributed by atoms with Crippen LogP contribution >= 0.6 is 11.3 Å². The Morgan fingerprint density at radius 1 is 1.14 bits per heavy atom. The Hall–Kier alpha value is -2.65. The lowest BCUT2D eigenvalue weighted by Crippen LogP contribution is -2.18. The Morgan fingerprint density at radius 3 is 2.46 bits per heavy atom. The Morgan fingerprint density at radius 2 is 1.82 bits per heavy atom. The molecule has 0 spiro atoms. The zero-order valence-corrected chi connectivity index (χ0v) is 16.8. The molecule has 1 fully saturated rings. The van der Waals surface area contributed by atoms with Crippen molar-refractivity contribution in [3.8, 4) is 0 Å². The summed E-state index contributed by atoms with van der Waals surface area (Å²) in [7, 11) is 2.49. The molecule has 1 aliphatic heterocycles. The average molecular weight is 406 g/mol. The number of esters is 2. The van der Waals surface area contributed by atoms with Crippen molar-refractivity contribution in [2.75, 3.05) is 32.6 Å². The fourth-order valence-corrected chi connectivity index (χ4v) is 4.26. The van der Waals surface area contributed by atoms with Gasteiger partial charge in [-0.05, 0) is 50.6 Å². The molecule has 3 heterocycles. The lowest BCUT2D eigenvalue weighted by Gasteiger charge is -2.11. The third kappa shape index (κ3) is 4.10. The molecule has 0 aromatic carbocycles. The molecule has 0 saturated carbocycles. The number of carbonyl (C=O) groups is 3. The number of carbonyl (C=O) groups excluding carboxylic acids is 3. The van der Waals surface area contributed by atoms with Crippen molar-refractivity contribution >= 4 is 34.2 Å². The van der Waals surface area contributed by atoms with E-state index in [4.69, 9.17) is 13.9 Å². The van der Waals surface area contributed by atoms with Gasteiger partial charge in [0.1, 0.15) is 15.6 Å². The van der Waals surface area contributed by atoms with E-state index in [2.05, 4.69) is 10.2 Å². The van der Waals surface area contributed by atoms with Gasteiger partial charge in [0.25, 0.3) is 5.91 Å². The normalized spacial score (nSPS) is 14.1. The van der Waals surface area contributed by atoms with E-state index in [0.717, 1.165) is 24.4 Å². The smallest absolute Gasteiger partial charge is 0.348 e. The average Bonchev–Trinajstić information content (AvgIpc) is 3.42. The summed E-state index contributed by atoms with van der Waals surface area (Å²) in [5, 5.41) is 2.87. The lowest BCUT2D eigenvalue weighted by molar-refractivity contribution is 0.0601. The van der Waals surface area contributed by atoms with Gasteiger partial charge in [-0.25, -0.2) is 9.59 Å². The number of nitrogens with one attached hydrogen (secondary N) is 1. The highest BCUT2D eigenvalue weighted by Gasteiger charge is 2.27. The summed E-state index contributed by atoms with van der Waals surface area (Å²) in [6.07, 6.45) is 2.34. The molecule has 2 aromatic heterocycles. The van der Waals surface area contributed by atoms with Crippen LogP contribution in [0.2, 0.25) is 0 Å². The summed E-state index contributed by atoms with van der Waals surface area (Å²) in [5.74, 6) is -0.892. The Labute approximate surface area is 166 Å². The monoisotopic (exact) mass is 406 g/mol. The molecule has 2 aromatic rings. The molecule has 9 heteroatoms. The van der Waals surface area contributed by atoms with E-state index in [0.29, 0.717) is 17.9 Å². The van der Waals surface area contributed by atoms with Crippen LogP contribution in [0.3, 0.4) is 0 Å². The van der Waals surface area contributed by atoms with E-state index in [1.807, 2.05) is 0 Å². The van der Waals surface area contributed by atoms with Gasteiger partial charge in [-0.3, -0.25) is 9.69 Å². The predicted molar refractivity (Wildman–Crippen MR) is 103 cm³/mol. The van der Waals surface area contributed by atoms with Crippen LogP contribution in [0.4, 0.5) is 5.00 Å². The van der Waals surface area contributed by atoms with Crippen LogP contribution in [0, 0.1) is 6.92 Å². The third-order valence-electron chi connectivity index (χ3n) is 4.60. The highest BCUT2D eigenvalue weighted by atomic mass is 32.1. The number of ether oxygens (including phenoxy) is 2. The van der Waals surface area contributed by atoms with E-state index in [1.54, 1.807) is 19.1 Å². The summed E-state index contributed by atoms with van der Waals surface area (Å²) < 4.78 is 15.2. The van der Waals surface area contributed by atoms with Gasteiger partial charge in [0.2, 0.25) is 0 Å². The zero-order chi connectivity index (χ0) is 20.3. The molecule has 1 N–H and O–H groups in total. The number of thiophene rings is 1. The van der Waals surface area contributed by atoms with Crippen LogP contribution in [0.25, 0.3) is 0 Å². The fraction of sp³-hybridized carbons (Fsp3) is 0.421. The first kappa shape index (κ1) is 20.1. The number of anilines is 1. The minimum atomic E-state index is -0.645. The molecule has 3 rings (SSSR count). The molecule has 1 amide bonds. The van der Waals surface area contributed by atoms with Gasteiger partial charge in [0.05, 0.1) is 26.3 Å². The van der Waals surface area contributed by atoms with E-state index < -0.39 is 17.8 Å². The summed E-state index contributed by atoms with van der Waals surface area (Å²) >= 11 is 0.961. The molecular weight excluding hydrogens is 384 g/mol. The SMILES string of the molecule is COC(=O)c1sc(NC(=O)c2ccc(CN3CCCC3)o2)c(C(=O)OC)c1C. The van der Waals surface area contributed by atoms with E-state index in [1.165, 1.54) is 27.1 Å². The molecule has 1 aliphatic rings. The number of nitrogens with zero attached hydrogens (tertiary/aromatic N) is 1. The van der Waals surface area contributed by atoms with Crippen molar-refractivity contribution in [3.63, 3.8) is 0 Å². The Balaban J connectivity index is 1.80. The molecule has 1 saturated heterocycles. The number of amides is 1. The zero-order valence-electron chi connectivity index (χ0n) is 16.0. The maximum Gasteiger partial charge on any atom is 0.348 e. The summed E-state index contributed by atoms with van der Waals surface area (Å²) in [6.45, 7) is 4.31. The number of likely N-dealkylation sites (tertiary alicyclic amines) is 1. The minimum absolute atomic E-state index is 0.130. The van der Waals surface area contributed by atoms with Gasteiger partial charge in [0, 0.05) is 0 Å². The highest BCUT2D eigenvalue weighted by Crippen LogP contribution is 2.34. The molecule has 0 radical (unpaired) electrons. The quantitative estimate of drug-likeness (QED) is 0.736. The van der Waals surface area contributed by atoms with Crippen LogP contribution in [0.5, 0.6) is 0 Å². The number of hydrogen-bond donors (Lipinski definition) is 1. The second kappa shape index (κ2) is 8.57. The van der Waals surface area contributed by atoms with Crippen LogP contribution < -0.4 is 5.32 Å². The Kier molecular flexibility index (Phi) is 6.15. The summed E-state index contributed by atoms with van der Waals surface area (Å²) in [5.41, 5.74) is 0.526. The van der Waals surface area contributed by atoms with Gasteiger partial charge in [-0.2, -0.15) is 0 Å². The highest BCUT2D eigenvalue weighted by molar-refractivity contribution is 7.18. The summed E-state index contributed by atoms with van der Waals surface area (Å²) in [6, 6.07) is 3.37.